The number of aliphatic hydroxyl groups is 1. The average molecular weight is 456 g/mol. The Morgan fingerprint density at radius 1 is 1.40 bits per heavy atom. The van der Waals surface area contributed by atoms with Gasteiger partial charge in [-0.3, -0.25) is 0 Å². The molecule has 1 aliphatic heterocycles. The van der Waals surface area contributed by atoms with Crippen LogP contribution in [0.4, 0.5) is 0 Å². The minimum atomic E-state index is -0.814. The van der Waals surface area contributed by atoms with Crippen LogP contribution < -0.4 is 5.32 Å². The van der Waals surface area contributed by atoms with Gasteiger partial charge in [-0.05, 0) is 25.5 Å². The molecular weight excluding hydrogens is 433 g/mol. The summed E-state index contributed by atoms with van der Waals surface area (Å²) in [5, 5.41) is 13.0. The molecule has 2 unspecified atom stereocenters. The number of esters is 1. The number of rotatable bonds is 9. The zero-order chi connectivity index (χ0) is 22.3. The lowest BCUT2D eigenvalue weighted by Crippen LogP contribution is -2.33. The highest BCUT2D eigenvalue weighted by Crippen LogP contribution is 2.43. The van der Waals surface area contributed by atoms with Gasteiger partial charge in [0.2, 0.25) is 0 Å². The molecule has 0 amide bonds. The van der Waals surface area contributed by atoms with Gasteiger partial charge < -0.3 is 24.6 Å². The molecular formula is C21H23Cl2NO6. The van der Waals surface area contributed by atoms with Crippen molar-refractivity contribution in [2.45, 2.75) is 25.9 Å². The van der Waals surface area contributed by atoms with Gasteiger partial charge in [-0.1, -0.05) is 35.3 Å². The Morgan fingerprint density at radius 2 is 2.13 bits per heavy atom. The summed E-state index contributed by atoms with van der Waals surface area (Å²) in [6.45, 7) is 3.40. The second kappa shape index (κ2) is 11.2. The van der Waals surface area contributed by atoms with Gasteiger partial charge in [0.1, 0.15) is 11.7 Å². The van der Waals surface area contributed by atoms with Crippen LogP contribution in [0.3, 0.4) is 0 Å². The highest BCUT2D eigenvalue weighted by molar-refractivity contribution is 6.42. The number of nitrogens with one attached hydrogen (secondary N) is 1. The van der Waals surface area contributed by atoms with Crippen molar-refractivity contribution in [3.05, 3.63) is 62.6 Å². The number of aliphatic hydroxyl groups excluding tert-OH is 1. The number of carbonyl (C=O) groups excluding carboxylic acids is 2. The van der Waals surface area contributed by atoms with E-state index in [1.807, 2.05) is 0 Å². The van der Waals surface area contributed by atoms with Crippen LogP contribution in [0, 0.1) is 0 Å². The molecule has 162 valence electrons. The van der Waals surface area contributed by atoms with Crippen LogP contribution in [0.2, 0.25) is 10.0 Å². The number of benzene rings is 1. The van der Waals surface area contributed by atoms with Crippen LogP contribution in [-0.4, -0.2) is 50.1 Å². The number of hydrogen-bond acceptors (Lipinski definition) is 7. The van der Waals surface area contributed by atoms with Gasteiger partial charge in [-0.15, -0.1) is 0 Å². The second-order valence-electron chi connectivity index (χ2n) is 6.42. The molecule has 0 fully saturated rings. The summed E-state index contributed by atoms with van der Waals surface area (Å²) in [4.78, 5) is 24.0. The Morgan fingerprint density at radius 3 is 2.73 bits per heavy atom. The predicted octanol–water partition coefficient (Wildman–Crippen LogP) is 3.14. The van der Waals surface area contributed by atoms with Gasteiger partial charge in [-0.2, -0.15) is 0 Å². The first-order valence-electron chi connectivity index (χ1n) is 9.21. The average Bonchev–Trinajstić information content (AvgIpc) is 2.69. The Hall–Kier alpha value is -2.28. The smallest absolute Gasteiger partial charge is 0.336 e. The summed E-state index contributed by atoms with van der Waals surface area (Å²) in [6.07, 6.45) is 0.457. The Labute approximate surface area is 184 Å². The SMILES string of the molecule is CCOC(=O)C1=C(COCC(C)O)NC(C=C=O)=C(OC)C1c1cccc(Cl)c1Cl. The molecule has 0 bridgehead atoms. The third-order valence-corrected chi connectivity index (χ3v) is 5.08. The molecule has 1 aromatic rings. The molecule has 2 atom stereocenters. The summed E-state index contributed by atoms with van der Waals surface area (Å²) in [6, 6.07) is 5.02. The number of methoxy groups -OCH3 is 1. The van der Waals surface area contributed by atoms with Gasteiger partial charge >= 0.3 is 5.97 Å². The van der Waals surface area contributed by atoms with Crippen molar-refractivity contribution in [2.24, 2.45) is 0 Å². The maximum atomic E-state index is 12.9. The van der Waals surface area contributed by atoms with E-state index in [-0.39, 0.29) is 41.9 Å². The molecule has 0 spiro atoms. The summed E-state index contributed by atoms with van der Waals surface area (Å²) < 4.78 is 16.3. The van der Waals surface area contributed by atoms with E-state index in [1.54, 1.807) is 38.0 Å². The summed E-state index contributed by atoms with van der Waals surface area (Å²) in [5.74, 6) is 0.558. The van der Waals surface area contributed by atoms with Crippen molar-refractivity contribution >= 4 is 35.1 Å². The highest BCUT2D eigenvalue weighted by atomic mass is 35.5. The predicted molar refractivity (Wildman–Crippen MR) is 113 cm³/mol. The van der Waals surface area contributed by atoms with Gasteiger partial charge in [0.25, 0.3) is 0 Å². The van der Waals surface area contributed by atoms with E-state index in [9.17, 15) is 14.7 Å². The van der Waals surface area contributed by atoms with Crippen molar-refractivity contribution in [1.29, 1.82) is 0 Å². The first-order chi connectivity index (χ1) is 14.3. The van der Waals surface area contributed by atoms with Crippen molar-refractivity contribution < 1.29 is 28.9 Å². The second-order valence-corrected chi connectivity index (χ2v) is 7.21. The molecule has 0 radical (unpaired) electrons. The number of allylic oxidation sites excluding steroid dienone is 2. The number of carbonyl (C=O) groups is 1. The molecule has 7 nitrogen and oxygen atoms in total. The van der Waals surface area contributed by atoms with Crippen molar-refractivity contribution in [3.63, 3.8) is 0 Å². The number of halogens is 2. The largest absolute Gasteiger partial charge is 0.498 e. The van der Waals surface area contributed by atoms with Crippen LogP contribution in [-0.2, 0) is 23.8 Å². The first kappa shape index (κ1) is 24.0. The van der Waals surface area contributed by atoms with Gasteiger partial charge in [0, 0.05) is 6.08 Å². The molecule has 0 aromatic heterocycles. The molecule has 2 N–H and O–H groups in total. The van der Waals surface area contributed by atoms with E-state index in [2.05, 4.69) is 5.32 Å². The number of dihydropyridines is 1. The lowest BCUT2D eigenvalue weighted by molar-refractivity contribution is -0.139. The summed E-state index contributed by atoms with van der Waals surface area (Å²) in [5.41, 5.74) is 1.33. The quantitative estimate of drug-likeness (QED) is 0.436. The van der Waals surface area contributed by atoms with Gasteiger partial charge in [0.15, 0.2) is 0 Å². The molecule has 2 rings (SSSR count). The van der Waals surface area contributed by atoms with E-state index >= 15 is 0 Å². The normalized spacial score (nSPS) is 17.2. The van der Waals surface area contributed by atoms with Crippen LogP contribution in [0.1, 0.15) is 25.3 Å². The summed E-state index contributed by atoms with van der Waals surface area (Å²) >= 11 is 12.7. The third kappa shape index (κ3) is 5.45. The van der Waals surface area contributed by atoms with E-state index in [0.717, 1.165) is 6.08 Å². The van der Waals surface area contributed by atoms with E-state index in [0.29, 0.717) is 16.3 Å². The van der Waals surface area contributed by atoms with Gasteiger partial charge in [-0.25, -0.2) is 9.59 Å². The standard InChI is InChI=1S/C21H23Cl2NO6/c1-4-30-21(27)18-16(11-29-10-12(2)26)24-15(8-9-25)20(28-3)17(18)13-6-5-7-14(22)19(13)23/h5-8,12,17,24,26H,4,10-11H2,1-3H3. The fourth-order valence-corrected chi connectivity index (χ4v) is 3.50. The van der Waals surface area contributed by atoms with Crippen LogP contribution >= 0.6 is 23.2 Å². The fraction of sp³-hybridized carbons (Fsp3) is 0.381. The molecule has 0 saturated carbocycles. The maximum Gasteiger partial charge on any atom is 0.336 e. The minimum Gasteiger partial charge on any atom is -0.498 e. The van der Waals surface area contributed by atoms with E-state index < -0.39 is 18.0 Å². The third-order valence-electron chi connectivity index (χ3n) is 4.24. The van der Waals surface area contributed by atoms with E-state index in [4.69, 9.17) is 37.4 Å². The summed E-state index contributed by atoms with van der Waals surface area (Å²) in [7, 11) is 1.42. The Kier molecular flexibility index (Phi) is 8.96. The van der Waals surface area contributed by atoms with Crippen molar-refractivity contribution in [3.8, 4) is 0 Å². The molecule has 30 heavy (non-hydrogen) atoms. The van der Waals surface area contributed by atoms with Gasteiger partial charge in [0.05, 0.1) is 66.0 Å². The van der Waals surface area contributed by atoms with Crippen molar-refractivity contribution in [1.82, 2.24) is 5.32 Å². The zero-order valence-electron chi connectivity index (χ0n) is 16.8. The lowest BCUT2D eigenvalue weighted by atomic mass is 9.84. The molecule has 9 heteroatoms. The first-order valence-corrected chi connectivity index (χ1v) is 9.97. The van der Waals surface area contributed by atoms with Crippen molar-refractivity contribution in [2.75, 3.05) is 26.9 Å². The minimum absolute atomic E-state index is 0.0452. The Balaban J connectivity index is 2.71. The fourth-order valence-electron chi connectivity index (χ4n) is 3.08. The van der Waals surface area contributed by atoms with E-state index in [1.165, 1.54) is 7.11 Å². The number of hydrogen-bond donors (Lipinski definition) is 2. The molecule has 1 aromatic carbocycles. The molecule has 0 saturated heterocycles. The van der Waals surface area contributed by atoms with Crippen LogP contribution in [0.5, 0.6) is 0 Å². The maximum absolute atomic E-state index is 12.9. The van der Waals surface area contributed by atoms with Crippen LogP contribution in [0.15, 0.2) is 47.0 Å². The van der Waals surface area contributed by atoms with Crippen LogP contribution in [0.25, 0.3) is 0 Å². The lowest BCUT2D eigenvalue weighted by Gasteiger charge is -2.32. The molecule has 1 heterocycles. The zero-order valence-corrected chi connectivity index (χ0v) is 18.3. The monoisotopic (exact) mass is 455 g/mol. The Bertz CT molecular complexity index is 903. The highest BCUT2D eigenvalue weighted by Gasteiger charge is 2.38. The molecule has 0 aliphatic carbocycles. The molecule has 1 aliphatic rings. The number of ether oxygens (including phenoxy) is 3. The topological polar surface area (TPSA) is 94.1 Å².